The number of rotatable bonds is 5. The maximum atomic E-state index is 10.6. The number of ketones is 1. The zero-order chi connectivity index (χ0) is 12.4. The Bertz CT molecular complexity index is 291. The van der Waals surface area contributed by atoms with Gasteiger partial charge in [-0.25, -0.2) is 0 Å². The number of carbonyl (C=O) groups excluding carboxylic acids is 1. The van der Waals surface area contributed by atoms with E-state index in [1.54, 1.807) is 12.1 Å². The van der Waals surface area contributed by atoms with Crippen molar-refractivity contribution in [3.05, 3.63) is 24.3 Å². The molecule has 0 aliphatic heterocycles. The van der Waals surface area contributed by atoms with Crippen LogP contribution < -0.4 is 9.47 Å². The summed E-state index contributed by atoms with van der Waals surface area (Å²) in [5, 5.41) is 0. The van der Waals surface area contributed by atoms with Crippen LogP contribution in [0, 0.1) is 0 Å². The van der Waals surface area contributed by atoms with Gasteiger partial charge in [0.2, 0.25) is 0 Å². The van der Waals surface area contributed by atoms with Crippen LogP contribution in [-0.2, 0) is 4.79 Å². The highest BCUT2D eigenvalue weighted by Gasteiger charge is 1.97. The van der Waals surface area contributed by atoms with E-state index >= 15 is 0 Å². The molecule has 0 atom stereocenters. The van der Waals surface area contributed by atoms with Gasteiger partial charge in [0.15, 0.2) is 5.78 Å². The molecule has 0 N–H and O–H groups in total. The lowest BCUT2D eigenvalue weighted by atomic mass is 10.3. The Hall–Kier alpha value is -1.51. The van der Waals surface area contributed by atoms with Crippen LogP contribution in [0.25, 0.3) is 0 Å². The summed E-state index contributed by atoms with van der Waals surface area (Å²) in [7, 11) is 0. The Morgan fingerprint density at radius 3 is 1.88 bits per heavy atom. The molecule has 3 heteroatoms. The molecule has 0 saturated carbocycles. The number of carbonyl (C=O) groups is 1. The number of ether oxygens (including phenoxy) is 2. The Morgan fingerprint density at radius 1 is 1.06 bits per heavy atom. The van der Waals surface area contributed by atoms with E-state index in [0.29, 0.717) is 12.4 Å². The normalized spacial score (nSPS) is 8.75. The number of benzene rings is 1. The number of hydrogen-bond acceptors (Lipinski definition) is 3. The van der Waals surface area contributed by atoms with Crippen molar-refractivity contribution in [3.8, 4) is 11.5 Å². The maximum absolute atomic E-state index is 10.6. The van der Waals surface area contributed by atoms with Gasteiger partial charge in [0, 0.05) is 0 Å². The number of hydrogen-bond donors (Lipinski definition) is 0. The fraction of sp³-hybridized carbons (Fsp3) is 0.462. The summed E-state index contributed by atoms with van der Waals surface area (Å²) < 4.78 is 10.5. The van der Waals surface area contributed by atoms with Crippen LogP contribution in [0.5, 0.6) is 11.5 Å². The third-order valence-electron chi connectivity index (χ3n) is 1.58. The summed E-state index contributed by atoms with van der Waals surface area (Å²) in [6.45, 7) is 8.19. The van der Waals surface area contributed by atoms with E-state index < -0.39 is 0 Å². The summed E-state index contributed by atoms with van der Waals surface area (Å²) in [6, 6.07) is 7.21. The molecule has 0 aliphatic carbocycles. The first-order valence-corrected chi connectivity index (χ1v) is 5.57. The molecule has 0 radical (unpaired) electrons. The lowest BCUT2D eigenvalue weighted by Gasteiger charge is -2.05. The first-order chi connectivity index (χ1) is 7.72. The molecule has 1 aromatic carbocycles. The van der Waals surface area contributed by atoms with Crippen molar-refractivity contribution in [2.75, 3.05) is 13.2 Å². The molecular formula is C13H20O3. The standard InChI is InChI=1S/C11H14O3.C2H6/c1-3-13-10-4-6-11(7-5-10)14-8-9(2)12;1-2/h4-7H,3,8H2,1-2H3;1-2H3. The van der Waals surface area contributed by atoms with E-state index in [2.05, 4.69) is 0 Å². The van der Waals surface area contributed by atoms with Gasteiger partial charge in [-0.15, -0.1) is 0 Å². The highest BCUT2D eigenvalue weighted by molar-refractivity contribution is 5.77. The summed E-state index contributed by atoms with van der Waals surface area (Å²) >= 11 is 0. The molecule has 90 valence electrons. The van der Waals surface area contributed by atoms with E-state index in [0.717, 1.165) is 5.75 Å². The molecule has 0 saturated heterocycles. The average Bonchev–Trinajstić information content (AvgIpc) is 2.31. The molecule has 0 aromatic heterocycles. The quantitative estimate of drug-likeness (QED) is 0.771. The Labute approximate surface area is 97.4 Å². The Morgan fingerprint density at radius 2 is 1.50 bits per heavy atom. The predicted molar refractivity (Wildman–Crippen MR) is 65.1 cm³/mol. The summed E-state index contributed by atoms with van der Waals surface area (Å²) in [6.07, 6.45) is 0. The zero-order valence-electron chi connectivity index (χ0n) is 10.4. The molecule has 0 amide bonds. The maximum Gasteiger partial charge on any atom is 0.167 e. The van der Waals surface area contributed by atoms with E-state index in [4.69, 9.17) is 9.47 Å². The third kappa shape index (κ3) is 6.06. The second-order valence-corrected chi connectivity index (χ2v) is 2.90. The average molecular weight is 224 g/mol. The molecule has 0 bridgehead atoms. The lowest BCUT2D eigenvalue weighted by molar-refractivity contribution is -0.118. The van der Waals surface area contributed by atoms with Crippen LogP contribution in [0.2, 0.25) is 0 Å². The SMILES string of the molecule is CC.CCOc1ccc(OCC(C)=O)cc1. The lowest BCUT2D eigenvalue weighted by Crippen LogP contribution is -2.06. The second kappa shape index (κ2) is 8.77. The number of Topliss-reactive ketones (excluding diaryl/α,β-unsaturated/α-hetero) is 1. The molecule has 16 heavy (non-hydrogen) atoms. The third-order valence-corrected chi connectivity index (χ3v) is 1.58. The Balaban J connectivity index is 0.00000106. The van der Waals surface area contributed by atoms with Crippen LogP contribution in [-0.4, -0.2) is 19.0 Å². The highest BCUT2D eigenvalue weighted by atomic mass is 16.5. The predicted octanol–water partition coefficient (Wildman–Crippen LogP) is 3.08. The monoisotopic (exact) mass is 224 g/mol. The van der Waals surface area contributed by atoms with Crippen molar-refractivity contribution in [3.63, 3.8) is 0 Å². The Kier molecular flexibility index (Phi) is 7.94. The van der Waals surface area contributed by atoms with Crippen molar-refractivity contribution in [2.45, 2.75) is 27.7 Å². The van der Waals surface area contributed by atoms with Crippen molar-refractivity contribution < 1.29 is 14.3 Å². The van der Waals surface area contributed by atoms with Gasteiger partial charge in [-0.3, -0.25) is 4.79 Å². The van der Waals surface area contributed by atoms with Gasteiger partial charge in [0.05, 0.1) is 6.61 Å². The van der Waals surface area contributed by atoms with Crippen molar-refractivity contribution in [1.82, 2.24) is 0 Å². The van der Waals surface area contributed by atoms with Crippen LogP contribution in [0.15, 0.2) is 24.3 Å². The van der Waals surface area contributed by atoms with Gasteiger partial charge in [0.25, 0.3) is 0 Å². The minimum Gasteiger partial charge on any atom is -0.494 e. The molecular weight excluding hydrogens is 204 g/mol. The smallest absolute Gasteiger partial charge is 0.167 e. The molecule has 1 rings (SSSR count). The van der Waals surface area contributed by atoms with Crippen molar-refractivity contribution >= 4 is 5.78 Å². The topological polar surface area (TPSA) is 35.5 Å². The van der Waals surface area contributed by atoms with Gasteiger partial charge in [0.1, 0.15) is 18.1 Å². The van der Waals surface area contributed by atoms with E-state index in [1.165, 1.54) is 6.92 Å². The molecule has 0 spiro atoms. The minimum absolute atomic E-state index is 0.0129. The fourth-order valence-corrected chi connectivity index (χ4v) is 0.984. The first kappa shape index (κ1) is 14.5. The van der Waals surface area contributed by atoms with Gasteiger partial charge in [-0.1, -0.05) is 13.8 Å². The van der Waals surface area contributed by atoms with Crippen LogP contribution in [0.1, 0.15) is 27.7 Å². The summed E-state index contributed by atoms with van der Waals surface area (Å²) in [5.74, 6) is 1.50. The van der Waals surface area contributed by atoms with E-state index in [1.807, 2.05) is 32.9 Å². The van der Waals surface area contributed by atoms with Crippen molar-refractivity contribution in [1.29, 1.82) is 0 Å². The minimum atomic E-state index is 0.0129. The molecule has 0 unspecified atom stereocenters. The van der Waals surface area contributed by atoms with Gasteiger partial charge >= 0.3 is 0 Å². The van der Waals surface area contributed by atoms with Gasteiger partial charge < -0.3 is 9.47 Å². The first-order valence-electron chi connectivity index (χ1n) is 5.57. The summed E-state index contributed by atoms with van der Waals surface area (Å²) in [4.78, 5) is 10.6. The second-order valence-electron chi connectivity index (χ2n) is 2.90. The van der Waals surface area contributed by atoms with E-state index in [-0.39, 0.29) is 12.4 Å². The fourth-order valence-electron chi connectivity index (χ4n) is 0.984. The molecule has 0 aliphatic rings. The highest BCUT2D eigenvalue weighted by Crippen LogP contribution is 2.17. The largest absolute Gasteiger partial charge is 0.494 e. The molecule has 0 heterocycles. The van der Waals surface area contributed by atoms with E-state index in [9.17, 15) is 4.79 Å². The zero-order valence-corrected chi connectivity index (χ0v) is 10.4. The summed E-state index contributed by atoms with van der Waals surface area (Å²) in [5.41, 5.74) is 0. The van der Waals surface area contributed by atoms with Crippen LogP contribution in [0.3, 0.4) is 0 Å². The van der Waals surface area contributed by atoms with Crippen LogP contribution >= 0.6 is 0 Å². The van der Waals surface area contributed by atoms with Crippen molar-refractivity contribution in [2.24, 2.45) is 0 Å². The van der Waals surface area contributed by atoms with Gasteiger partial charge in [-0.05, 0) is 38.1 Å². The van der Waals surface area contributed by atoms with Crippen LogP contribution in [0.4, 0.5) is 0 Å². The molecule has 1 aromatic rings. The molecule has 3 nitrogen and oxygen atoms in total. The molecule has 0 fully saturated rings. The van der Waals surface area contributed by atoms with Gasteiger partial charge in [-0.2, -0.15) is 0 Å².